The van der Waals surface area contributed by atoms with Gasteiger partial charge in [-0.05, 0) is 178 Å². The van der Waals surface area contributed by atoms with Crippen LogP contribution in [-0.4, -0.2) is 0 Å². The highest BCUT2D eigenvalue weighted by Gasteiger charge is 2.40. The molecular weight excluding hydrogens is 893 g/mol. The van der Waals surface area contributed by atoms with Crippen molar-refractivity contribution in [3.8, 4) is 22.3 Å². The molecule has 0 saturated heterocycles. The van der Waals surface area contributed by atoms with Crippen LogP contribution >= 0.6 is 0 Å². The van der Waals surface area contributed by atoms with Gasteiger partial charge in [0.2, 0.25) is 0 Å². The molecule has 0 unspecified atom stereocenters. The predicted molar refractivity (Wildman–Crippen MR) is 316 cm³/mol. The summed E-state index contributed by atoms with van der Waals surface area (Å²) in [6, 6.07) is 89.4. The van der Waals surface area contributed by atoms with E-state index < -0.39 is 0 Å². The molecule has 12 aromatic carbocycles. The Kier molecular flexibility index (Phi) is 9.94. The minimum absolute atomic E-state index is 0.228. The van der Waals surface area contributed by atoms with E-state index in [2.05, 4.69) is 292 Å². The Morgan fingerprint density at radius 1 is 0.297 bits per heavy atom. The largest absolute Gasteiger partial charge is 0.310 e. The van der Waals surface area contributed by atoms with Gasteiger partial charge in [-0.3, -0.25) is 0 Å². The lowest BCUT2D eigenvalue weighted by atomic mass is 9.78. The second-order valence-electron chi connectivity index (χ2n) is 21.3. The van der Waals surface area contributed by atoms with Crippen LogP contribution < -0.4 is 9.80 Å². The fourth-order valence-electron chi connectivity index (χ4n) is 13.0. The maximum atomic E-state index is 2.48. The molecule has 2 heteroatoms. The summed E-state index contributed by atoms with van der Waals surface area (Å²) in [5.41, 5.74) is 19.7. The van der Waals surface area contributed by atoms with Gasteiger partial charge in [-0.25, -0.2) is 0 Å². The molecule has 2 nitrogen and oxygen atoms in total. The monoisotopic (exact) mass is 946 g/mol. The fraction of sp³-hybridized carbons (Fsp3) is 0.0833. The number of hydrogen-bond acceptors (Lipinski definition) is 2. The highest BCUT2D eigenvalue weighted by Crippen LogP contribution is 2.57. The summed E-state index contributed by atoms with van der Waals surface area (Å²) in [6.45, 7) is 9.69. The smallest absolute Gasteiger partial charge is 0.0468 e. The molecule has 0 fully saturated rings. The SMILES string of the molecule is CC1(C)c2cc(/C=C/c3ccc4c(c3)C(C)(C)c3c-4c4ccccc4c4cc(N(c5ccccc5)c5ccccc5)ccc34)c3ccccc3c2-c2ccc3cc(N(c4ccccc4)c4ccccc4)ccc3c21. The third kappa shape index (κ3) is 6.71. The Morgan fingerprint density at radius 3 is 1.38 bits per heavy atom. The first kappa shape index (κ1) is 43.8. The molecule has 0 heterocycles. The van der Waals surface area contributed by atoms with Crippen LogP contribution in [0.5, 0.6) is 0 Å². The molecule has 0 N–H and O–H groups in total. The zero-order valence-electron chi connectivity index (χ0n) is 42.1. The van der Waals surface area contributed by atoms with Crippen LogP contribution in [0.2, 0.25) is 0 Å². The molecule has 2 aliphatic carbocycles. The van der Waals surface area contributed by atoms with Gasteiger partial charge in [0, 0.05) is 45.0 Å². The number of rotatable bonds is 8. The first-order valence-electron chi connectivity index (χ1n) is 26.0. The standard InChI is InChI=1S/C72H54N2/c1-71(2)65-43-47(34-39-62(65)68-60-32-20-18-30-58(60)64-46-55(38-42-61(64)70(68)71)74(52-25-13-7-14-26-52)53-27-15-8-16-28-53)33-35-49-45-66-67(59-31-19-17-29-56(49)59)63-40-36-48-44-54(37-41-57(48)69(63)72(66,3)4)73(50-21-9-5-10-22-50)51-23-11-6-12-24-51/h5-46H,1-4H3/b35-33+. The Balaban J connectivity index is 0.845. The van der Waals surface area contributed by atoms with Gasteiger partial charge in [-0.15, -0.1) is 0 Å². The van der Waals surface area contributed by atoms with Gasteiger partial charge < -0.3 is 9.80 Å². The molecule has 0 spiro atoms. The molecule has 0 radical (unpaired) electrons. The van der Waals surface area contributed by atoms with Crippen molar-refractivity contribution in [1.29, 1.82) is 0 Å². The molecule has 14 rings (SSSR count). The second-order valence-corrected chi connectivity index (χ2v) is 21.3. The van der Waals surface area contributed by atoms with Crippen molar-refractivity contribution >= 4 is 89.4 Å². The summed E-state index contributed by atoms with van der Waals surface area (Å²) in [5.74, 6) is 0. The topological polar surface area (TPSA) is 6.48 Å². The van der Waals surface area contributed by atoms with Crippen LogP contribution in [0.3, 0.4) is 0 Å². The van der Waals surface area contributed by atoms with Crippen LogP contribution in [0.15, 0.2) is 243 Å². The minimum atomic E-state index is -0.238. The summed E-state index contributed by atoms with van der Waals surface area (Å²) >= 11 is 0. The van der Waals surface area contributed by atoms with E-state index in [9.17, 15) is 0 Å². The number of anilines is 6. The first-order chi connectivity index (χ1) is 36.2. The van der Waals surface area contributed by atoms with E-state index in [1.54, 1.807) is 0 Å². The minimum Gasteiger partial charge on any atom is -0.310 e. The lowest BCUT2D eigenvalue weighted by Crippen LogP contribution is -2.16. The molecule has 12 aromatic rings. The van der Waals surface area contributed by atoms with E-state index in [4.69, 9.17) is 0 Å². The van der Waals surface area contributed by atoms with Crippen molar-refractivity contribution in [2.75, 3.05) is 9.80 Å². The Hall–Kier alpha value is -8.98. The molecule has 0 saturated carbocycles. The average Bonchev–Trinajstić information content (AvgIpc) is 3.91. The van der Waals surface area contributed by atoms with Gasteiger partial charge in [0.15, 0.2) is 0 Å². The Labute approximate surface area is 433 Å². The third-order valence-corrected chi connectivity index (χ3v) is 16.3. The van der Waals surface area contributed by atoms with E-state index in [1.807, 2.05) is 0 Å². The van der Waals surface area contributed by atoms with E-state index in [1.165, 1.54) is 98.7 Å². The summed E-state index contributed by atoms with van der Waals surface area (Å²) in [5, 5.41) is 10.3. The van der Waals surface area contributed by atoms with Crippen LogP contribution in [-0.2, 0) is 10.8 Å². The third-order valence-electron chi connectivity index (χ3n) is 16.3. The van der Waals surface area contributed by atoms with Crippen LogP contribution in [0.4, 0.5) is 34.1 Å². The molecule has 352 valence electrons. The van der Waals surface area contributed by atoms with Gasteiger partial charge in [-0.1, -0.05) is 204 Å². The van der Waals surface area contributed by atoms with Gasteiger partial charge >= 0.3 is 0 Å². The summed E-state index contributed by atoms with van der Waals surface area (Å²) < 4.78 is 0. The Bertz CT molecular complexity index is 4150. The molecule has 0 aliphatic heterocycles. The normalized spacial score (nSPS) is 13.8. The van der Waals surface area contributed by atoms with Crippen LogP contribution in [0.1, 0.15) is 61.1 Å². The van der Waals surface area contributed by atoms with Gasteiger partial charge in [0.25, 0.3) is 0 Å². The van der Waals surface area contributed by atoms with Gasteiger partial charge in [-0.2, -0.15) is 0 Å². The second kappa shape index (κ2) is 16.8. The molecule has 0 aromatic heterocycles. The molecule has 0 bridgehead atoms. The lowest BCUT2D eigenvalue weighted by Gasteiger charge is -2.27. The van der Waals surface area contributed by atoms with E-state index >= 15 is 0 Å². The highest BCUT2D eigenvalue weighted by molar-refractivity contribution is 6.19. The maximum Gasteiger partial charge on any atom is 0.0468 e. The van der Waals surface area contributed by atoms with Crippen molar-refractivity contribution in [2.24, 2.45) is 0 Å². The van der Waals surface area contributed by atoms with E-state index in [0.717, 1.165) is 34.1 Å². The highest BCUT2D eigenvalue weighted by atomic mass is 15.1. The molecule has 0 atom stereocenters. The van der Waals surface area contributed by atoms with Gasteiger partial charge in [0.05, 0.1) is 0 Å². The number of fused-ring (bicyclic) bond motifs is 15. The number of nitrogens with zero attached hydrogens (tertiary/aromatic N) is 2. The van der Waals surface area contributed by atoms with Crippen molar-refractivity contribution in [1.82, 2.24) is 0 Å². The molecule has 2 aliphatic rings. The van der Waals surface area contributed by atoms with E-state index in [-0.39, 0.29) is 10.8 Å². The van der Waals surface area contributed by atoms with Crippen molar-refractivity contribution in [3.63, 3.8) is 0 Å². The molecular formula is C72H54N2. The quantitative estimate of drug-likeness (QED) is 0.111. The average molecular weight is 947 g/mol. The number of benzene rings is 12. The predicted octanol–water partition coefficient (Wildman–Crippen LogP) is 20.0. The molecule has 0 amide bonds. The van der Waals surface area contributed by atoms with Crippen molar-refractivity contribution < 1.29 is 0 Å². The summed E-state index contributed by atoms with van der Waals surface area (Å²) in [6.07, 6.45) is 4.71. The van der Waals surface area contributed by atoms with Crippen LogP contribution in [0, 0.1) is 0 Å². The van der Waals surface area contributed by atoms with Crippen LogP contribution in [0.25, 0.3) is 77.5 Å². The fourth-order valence-corrected chi connectivity index (χ4v) is 13.0. The van der Waals surface area contributed by atoms with Crippen molar-refractivity contribution in [3.05, 3.63) is 276 Å². The Morgan fingerprint density at radius 2 is 0.784 bits per heavy atom. The first-order valence-corrected chi connectivity index (χ1v) is 26.0. The van der Waals surface area contributed by atoms with E-state index in [0.29, 0.717) is 0 Å². The maximum absolute atomic E-state index is 2.48. The van der Waals surface area contributed by atoms with Crippen molar-refractivity contribution in [2.45, 2.75) is 38.5 Å². The zero-order chi connectivity index (χ0) is 49.7. The zero-order valence-corrected chi connectivity index (χ0v) is 42.1. The summed E-state index contributed by atoms with van der Waals surface area (Å²) in [4.78, 5) is 4.72. The summed E-state index contributed by atoms with van der Waals surface area (Å²) in [7, 11) is 0. The number of hydrogen-bond donors (Lipinski definition) is 0. The lowest BCUT2D eigenvalue weighted by molar-refractivity contribution is 0.666. The molecule has 74 heavy (non-hydrogen) atoms. The van der Waals surface area contributed by atoms with Gasteiger partial charge in [0.1, 0.15) is 0 Å². The number of para-hydroxylation sites is 4.